The number of thiophene rings is 1. The lowest BCUT2D eigenvalue weighted by Gasteiger charge is -2.10. The Labute approximate surface area is 166 Å². The molecule has 1 heterocycles. The van der Waals surface area contributed by atoms with Crippen LogP contribution in [-0.4, -0.2) is 33.2 Å². The summed E-state index contributed by atoms with van der Waals surface area (Å²) in [6, 6.07) is 8.06. The van der Waals surface area contributed by atoms with Gasteiger partial charge in [0.25, 0.3) is 5.91 Å². The molecule has 10 heteroatoms. The van der Waals surface area contributed by atoms with Crippen molar-refractivity contribution in [3.63, 3.8) is 0 Å². The van der Waals surface area contributed by atoms with Crippen molar-refractivity contribution in [3.8, 4) is 6.07 Å². The van der Waals surface area contributed by atoms with Crippen LogP contribution in [0.3, 0.4) is 0 Å². The number of fused-ring (bicyclic) bond motifs is 1. The topological polar surface area (TPSA) is 125 Å². The van der Waals surface area contributed by atoms with Crippen LogP contribution in [0.4, 0.5) is 10.7 Å². The summed E-state index contributed by atoms with van der Waals surface area (Å²) in [5, 5.41) is 12.4. The Bertz CT molecular complexity index is 1080. The lowest BCUT2D eigenvalue weighted by atomic mass is 10.1. The minimum absolute atomic E-state index is 0.00598. The highest BCUT2D eigenvalue weighted by Crippen LogP contribution is 2.38. The molecule has 0 atom stereocenters. The molecule has 1 aliphatic carbocycles. The van der Waals surface area contributed by atoms with Gasteiger partial charge in [0.1, 0.15) is 11.1 Å². The number of nitrogens with one attached hydrogen (secondary N) is 2. The number of hydrogen-bond donors (Lipinski definition) is 2. The van der Waals surface area contributed by atoms with Crippen LogP contribution in [0.15, 0.2) is 24.3 Å². The molecule has 0 fully saturated rings. The van der Waals surface area contributed by atoms with Crippen molar-refractivity contribution in [2.24, 2.45) is 0 Å². The number of carbonyl (C=O) groups excluding carboxylic acids is 2. The van der Waals surface area contributed by atoms with Crippen molar-refractivity contribution in [3.05, 3.63) is 45.8 Å². The first-order chi connectivity index (χ1) is 13.3. The van der Waals surface area contributed by atoms with E-state index in [2.05, 4.69) is 16.1 Å². The Hall–Kier alpha value is -2.90. The van der Waals surface area contributed by atoms with Crippen LogP contribution < -0.4 is 10.0 Å². The van der Waals surface area contributed by atoms with Crippen molar-refractivity contribution in [1.82, 2.24) is 0 Å². The third-order valence-corrected chi connectivity index (χ3v) is 5.86. The van der Waals surface area contributed by atoms with Gasteiger partial charge < -0.3 is 10.1 Å². The first-order valence-electron chi connectivity index (χ1n) is 8.37. The van der Waals surface area contributed by atoms with E-state index in [1.807, 2.05) is 0 Å². The van der Waals surface area contributed by atoms with Gasteiger partial charge in [0.15, 0.2) is 6.61 Å². The van der Waals surface area contributed by atoms with E-state index in [4.69, 9.17) is 4.74 Å². The molecule has 2 aromatic rings. The SMILES string of the molecule is CS(=O)(=O)Nc1ccccc1C(=O)OCC(=O)Nc1sc2c(c1C#N)CCC2. The predicted molar refractivity (Wildman–Crippen MR) is 105 cm³/mol. The molecular weight excluding hydrogens is 402 g/mol. The first-order valence-corrected chi connectivity index (χ1v) is 11.1. The van der Waals surface area contributed by atoms with E-state index in [1.165, 1.54) is 23.5 Å². The highest BCUT2D eigenvalue weighted by atomic mass is 32.2. The number of anilines is 2. The first kappa shape index (κ1) is 19.9. The van der Waals surface area contributed by atoms with E-state index in [9.17, 15) is 23.3 Å². The van der Waals surface area contributed by atoms with Crippen LogP contribution >= 0.6 is 11.3 Å². The number of nitrogens with zero attached hydrogens (tertiary/aromatic N) is 1. The van der Waals surface area contributed by atoms with E-state index < -0.39 is 28.5 Å². The maximum atomic E-state index is 12.3. The highest BCUT2D eigenvalue weighted by molar-refractivity contribution is 7.92. The molecule has 1 amide bonds. The molecule has 8 nitrogen and oxygen atoms in total. The fourth-order valence-corrected chi connectivity index (χ4v) is 4.77. The van der Waals surface area contributed by atoms with Gasteiger partial charge in [-0.3, -0.25) is 9.52 Å². The largest absolute Gasteiger partial charge is 0.452 e. The number of benzene rings is 1. The number of amides is 1. The molecule has 2 N–H and O–H groups in total. The monoisotopic (exact) mass is 419 g/mol. The van der Waals surface area contributed by atoms with Gasteiger partial charge >= 0.3 is 5.97 Å². The molecule has 0 saturated heterocycles. The van der Waals surface area contributed by atoms with E-state index in [-0.39, 0.29) is 11.3 Å². The van der Waals surface area contributed by atoms with Gasteiger partial charge in [-0.15, -0.1) is 11.3 Å². The van der Waals surface area contributed by atoms with Crippen LogP contribution in [0.5, 0.6) is 0 Å². The Kier molecular flexibility index (Phi) is 5.67. The quantitative estimate of drug-likeness (QED) is 0.692. The smallest absolute Gasteiger partial charge is 0.340 e. The summed E-state index contributed by atoms with van der Waals surface area (Å²) in [5.41, 5.74) is 1.52. The van der Waals surface area contributed by atoms with E-state index in [0.717, 1.165) is 36.0 Å². The lowest BCUT2D eigenvalue weighted by molar-refractivity contribution is -0.119. The third-order valence-electron chi connectivity index (χ3n) is 4.06. The average molecular weight is 419 g/mol. The Balaban J connectivity index is 1.65. The predicted octanol–water partition coefficient (Wildman–Crippen LogP) is 2.28. The third kappa shape index (κ3) is 4.49. The number of para-hydroxylation sites is 1. The summed E-state index contributed by atoms with van der Waals surface area (Å²) in [5.74, 6) is -1.41. The molecule has 1 aliphatic rings. The second-order valence-electron chi connectivity index (χ2n) is 6.22. The maximum absolute atomic E-state index is 12.3. The molecule has 0 unspecified atom stereocenters. The fourth-order valence-electron chi connectivity index (χ4n) is 2.93. The lowest BCUT2D eigenvalue weighted by Crippen LogP contribution is -2.22. The number of nitriles is 1. The number of carbonyl (C=O) groups is 2. The summed E-state index contributed by atoms with van der Waals surface area (Å²) in [6.07, 6.45) is 3.68. The van der Waals surface area contributed by atoms with Gasteiger partial charge in [-0.25, -0.2) is 13.2 Å². The summed E-state index contributed by atoms with van der Waals surface area (Å²) in [4.78, 5) is 25.5. The number of rotatable bonds is 6. The van der Waals surface area contributed by atoms with E-state index >= 15 is 0 Å². The number of ether oxygens (including phenoxy) is 1. The summed E-state index contributed by atoms with van der Waals surface area (Å²) >= 11 is 1.37. The second kappa shape index (κ2) is 8.00. The molecule has 28 heavy (non-hydrogen) atoms. The maximum Gasteiger partial charge on any atom is 0.340 e. The van der Waals surface area contributed by atoms with Crippen LogP contribution in [0.25, 0.3) is 0 Å². The van der Waals surface area contributed by atoms with Crippen molar-refractivity contribution in [1.29, 1.82) is 5.26 Å². The van der Waals surface area contributed by atoms with Crippen molar-refractivity contribution in [2.75, 3.05) is 22.9 Å². The standard InChI is InChI=1S/C18H17N3O5S2/c1-28(24,25)21-14-7-3-2-5-12(14)18(23)26-10-16(22)20-17-13(9-19)11-6-4-8-15(11)27-17/h2-3,5,7,21H,4,6,8,10H2,1H3,(H,20,22). The molecule has 0 bridgehead atoms. The molecular formula is C18H17N3O5S2. The summed E-state index contributed by atoms with van der Waals surface area (Å²) in [6.45, 7) is -0.556. The van der Waals surface area contributed by atoms with Crippen LogP contribution in [-0.2, 0) is 32.4 Å². The Morgan fingerprint density at radius 3 is 2.75 bits per heavy atom. The highest BCUT2D eigenvalue weighted by Gasteiger charge is 2.23. The van der Waals surface area contributed by atoms with Gasteiger partial charge in [0, 0.05) is 4.88 Å². The zero-order chi connectivity index (χ0) is 20.3. The molecule has 0 saturated carbocycles. The summed E-state index contributed by atoms with van der Waals surface area (Å²) < 4.78 is 30.1. The minimum Gasteiger partial charge on any atom is -0.452 e. The van der Waals surface area contributed by atoms with Gasteiger partial charge in [0.05, 0.1) is 23.1 Å². The van der Waals surface area contributed by atoms with Gasteiger partial charge in [-0.05, 0) is 37.0 Å². The number of sulfonamides is 1. The van der Waals surface area contributed by atoms with Crippen molar-refractivity contribution < 1.29 is 22.7 Å². The molecule has 3 rings (SSSR count). The Morgan fingerprint density at radius 1 is 1.29 bits per heavy atom. The average Bonchev–Trinajstić information content (AvgIpc) is 3.19. The molecule has 1 aromatic heterocycles. The normalized spacial score (nSPS) is 12.7. The molecule has 0 aliphatic heterocycles. The van der Waals surface area contributed by atoms with E-state index in [1.54, 1.807) is 12.1 Å². The van der Waals surface area contributed by atoms with Gasteiger partial charge in [-0.1, -0.05) is 12.1 Å². The van der Waals surface area contributed by atoms with Crippen molar-refractivity contribution >= 4 is 43.9 Å². The van der Waals surface area contributed by atoms with Gasteiger partial charge in [0.2, 0.25) is 10.0 Å². The van der Waals surface area contributed by atoms with Crippen molar-refractivity contribution in [2.45, 2.75) is 19.3 Å². The molecule has 0 spiro atoms. The number of esters is 1. The number of hydrogen-bond acceptors (Lipinski definition) is 7. The van der Waals surface area contributed by atoms with E-state index in [0.29, 0.717) is 10.6 Å². The van der Waals surface area contributed by atoms with Crippen LogP contribution in [0, 0.1) is 11.3 Å². The molecule has 146 valence electrons. The molecule has 0 radical (unpaired) electrons. The zero-order valence-corrected chi connectivity index (χ0v) is 16.6. The number of aryl methyl sites for hydroxylation is 1. The minimum atomic E-state index is -3.58. The van der Waals surface area contributed by atoms with Crippen LogP contribution in [0.1, 0.15) is 32.8 Å². The molecule has 1 aromatic carbocycles. The zero-order valence-electron chi connectivity index (χ0n) is 14.9. The summed E-state index contributed by atoms with van der Waals surface area (Å²) in [7, 11) is -3.58. The van der Waals surface area contributed by atoms with Crippen LogP contribution in [0.2, 0.25) is 0 Å². The second-order valence-corrected chi connectivity index (χ2v) is 9.07. The fraction of sp³-hybridized carbons (Fsp3) is 0.278. The Morgan fingerprint density at radius 2 is 2.04 bits per heavy atom. The van der Waals surface area contributed by atoms with Gasteiger partial charge in [-0.2, -0.15) is 5.26 Å².